The van der Waals surface area contributed by atoms with Crippen molar-refractivity contribution in [3.05, 3.63) is 71.4 Å². The molecular formula is C24H26N4O2. The van der Waals surface area contributed by atoms with Gasteiger partial charge in [-0.05, 0) is 48.7 Å². The van der Waals surface area contributed by atoms with Crippen LogP contribution < -0.4 is 5.32 Å². The van der Waals surface area contributed by atoms with E-state index in [1.807, 2.05) is 41.1 Å². The van der Waals surface area contributed by atoms with Crippen LogP contribution in [-0.4, -0.2) is 53.3 Å². The second-order valence-corrected chi connectivity index (χ2v) is 7.79. The molecule has 2 aromatic rings. The summed E-state index contributed by atoms with van der Waals surface area (Å²) in [6.07, 6.45) is 9.07. The van der Waals surface area contributed by atoms with E-state index < -0.39 is 0 Å². The van der Waals surface area contributed by atoms with Crippen molar-refractivity contribution in [1.29, 1.82) is 0 Å². The van der Waals surface area contributed by atoms with Crippen LogP contribution in [0.1, 0.15) is 29.5 Å². The van der Waals surface area contributed by atoms with Crippen molar-refractivity contribution < 1.29 is 9.59 Å². The van der Waals surface area contributed by atoms with E-state index in [2.05, 4.69) is 28.5 Å². The molecule has 30 heavy (non-hydrogen) atoms. The minimum atomic E-state index is -0.0631. The number of anilines is 1. The molecular weight excluding hydrogens is 376 g/mol. The summed E-state index contributed by atoms with van der Waals surface area (Å²) in [5, 5.41) is 2.82. The maximum absolute atomic E-state index is 12.7. The van der Waals surface area contributed by atoms with Crippen LogP contribution in [0.3, 0.4) is 0 Å². The molecule has 1 N–H and O–H groups in total. The van der Waals surface area contributed by atoms with Crippen LogP contribution in [0.4, 0.5) is 5.82 Å². The summed E-state index contributed by atoms with van der Waals surface area (Å²) < 4.78 is 0. The first-order valence-electron chi connectivity index (χ1n) is 10.3. The van der Waals surface area contributed by atoms with Crippen LogP contribution in [0.2, 0.25) is 0 Å². The third-order valence-corrected chi connectivity index (χ3v) is 5.41. The number of rotatable bonds is 3. The molecule has 1 aromatic heterocycles. The number of carbonyl (C=O) groups is 2. The summed E-state index contributed by atoms with van der Waals surface area (Å²) in [6.45, 7) is 2.41. The number of hydrogen-bond donors (Lipinski definition) is 1. The predicted octanol–water partition coefficient (Wildman–Crippen LogP) is 3.18. The highest BCUT2D eigenvalue weighted by molar-refractivity contribution is 5.93. The normalized spacial score (nSPS) is 17.7. The fourth-order valence-electron chi connectivity index (χ4n) is 3.89. The molecule has 1 aromatic carbocycles. The van der Waals surface area contributed by atoms with Crippen molar-refractivity contribution in [3.8, 4) is 0 Å². The van der Waals surface area contributed by atoms with Gasteiger partial charge in [-0.1, -0.05) is 36.4 Å². The van der Waals surface area contributed by atoms with Crippen molar-refractivity contribution >= 4 is 29.3 Å². The zero-order chi connectivity index (χ0) is 20.9. The molecule has 0 saturated carbocycles. The molecule has 3 heterocycles. The monoisotopic (exact) mass is 402 g/mol. The highest BCUT2D eigenvalue weighted by Gasteiger charge is 2.18. The third-order valence-electron chi connectivity index (χ3n) is 5.41. The van der Waals surface area contributed by atoms with Crippen molar-refractivity contribution in [3.63, 3.8) is 0 Å². The van der Waals surface area contributed by atoms with E-state index >= 15 is 0 Å². The zero-order valence-electron chi connectivity index (χ0n) is 17.2. The first-order valence-corrected chi connectivity index (χ1v) is 10.3. The van der Waals surface area contributed by atoms with Gasteiger partial charge in [0.1, 0.15) is 5.82 Å². The molecule has 0 aliphatic carbocycles. The van der Waals surface area contributed by atoms with E-state index in [4.69, 9.17) is 0 Å². The van der Waals surface area contributed by atoms with E-state index in [9.17, 15) is 9.59 Å². The van der Waals surface area contributed by atoms with Crippen molar-refractivity contribution in [1.82, 2.24) is 14.8 Å². The Kier molecular flexibility index (Phi) is 6.05. The summed E-state index contributed by atoms with van der Waals surface area (Å²) in [4.78, 5) is 32.8. The number of benzene rings is 1. The summed E-state index contributed by atoms with van der Waals surface area (Å²) >= 11 is 0. The topological polar surface area (TPSA) is 65.5 Å². The van der Waals surface area contributed by atoms with E-state index in [1.165, 1.54) is 11.1 Å². The van der Waals surface area contributed by atoms with Gasteiger partial charge in [-0.2, -0.15) is 0 Å². The predicted molar refractivity (Wildman–Crippen MR) is 118 cm³/mol. The molecule has 6 nitrogen and oxygen atoms in total. The number of carbonyl (C=O) groups excluding carboxylic acids is 2. The van der Waals surface area contributed by atoms with Gasteiger partial charge in [0.05, 0.1) is 6.54 Å². The molecule has 2 aliphatic rings. The van der Waals surface area contributed by atoms with Crippen LogP contribution in [0.15, 0.2) is 54.7 Å². The molecule has 0 spiro atoms. The van der Waals surface area contributed by atoms with Gasteiger partial charge in [0, 0.05) is 37.5 Å². The molecule has 0 bridgehead atoms. The number of aromatic nitrogens is 1. The first kappa shape index (κ1) is 20.0. The Labute approximate surface area is 176 Å². The van der Waals surface area contributed by atoms with Gasteiger partial charge in [-0.3, -0.25) is 14.5 Å². The van der Waals surface area contributed by atoms with Gasteiger partial charge in [-0.25, -0.2) is 4.98 Å². The molecule has 0 radical (unpaired) electrons. The molecule has 4 rings (SSSR count). The SMILES string of the molecule is CN1CC(=O)Nc2ncc(C=CC(=O)N3CCC=C(c4ccccc4)CC3)cc2C1. The minimum Gasteiger partial charge on any atom is -0.339 e. The Balaban J connectivity index is 1.40. The molecule has 2 aliphatic heterocycles. The molecule has 0 fully saturated rings. The summed E-state index contributed by atoms with van der Waals surface area (Å²) in [5.41, 5.74) is 4.33. The van der Waals surface area contributed by atoms with Crippen LogP contribution in [0.25, 0.3) is 11.6 Å². The first-order chi connectivity index (χ1) is 14.6. The molecule has 0 atom stereocenters. The Hall–Kier alpha value is -3.25. The van der Waals surface area contributed by atoms with Gasteiger partial charge < -0.3 is 10.2 Å². The number of fused-ring (bicyclic) bond motifs is 1. The molecule has 0 saturated heterocycles. The lowest BCUT2D eigenvalue weighted by molar-refractivity contribution is -0.125. The van der Waals surface area contributed by atoms with Crippen molar-refractivity contribution in [2.45, 2.75) is 19.4 Å². The van der Waals surface area contributed by atoms with E-state index in [0.717, 1.165) is 30.5 Å². The summed E-state index contributed by atoms with van der Waals surface area (Å²) in [5.74, 6) is 0.546. The number of likely N-dealkylation sites (N-methyl/N-ethyl adjacent to an activating group) is 1. The Morgan fingerprint density at radius 3 is 2.83 bits per heavy atom. The Morgan fingerprint density at radius 2 is 2.00 bits per heavy atom. The maximum atomic E-state index is 12.7. The van der Waals surface area contributed by atoms with E-state index in [1.54, 1.807) is 18.3 Å². The average Bonchev–Trinajstić information content (AvgIpc) is 3.07. The van der Waals surface area contributed by atoms with Gasteiger partial charge in [-0.15, -0.1) is 0 Å². The van der Waals surface area contributed by atoms with Gasteiger partial charge in [0.25, 0.3) is 0 Å². The van der Waals surface area contributed by atoms with Crippen LogP contribution in [-0.2, 0) is 16.1 Å². The van der Waals surface area contributed by atoms with Gasteiger partial charge in [0.15, 0.2) is 0 Å². The fraction of sp³-hybridized carbons (Fsp3) is 0.292. The summed E-state index contributed by atoms with van der Waals surface area (Å²) in [6, 6.07) is 12.3. The zero-order valence-corrected chi connectivity index (χ0v) is 17.2. The molecule has 0 unspecified atom stereocenters. The maximum Gasteiger partial charge on any atom is 0.246 e. The Morgan fingerprint density at radius 1 is 1.17 bits per heavy atom. The van der Waals surface area contributed by atoms with Crippen LogP contribution in [0, 0.1) is 0 Å². The van der Waals surface area contributed by atoms with Crippen molar-refractivity contribution in [2.24, 2.45) is 0 Å². The standard InChI is InChI=1S/C24H26N4O2/c1-27-16-21-14-18(15-25-24(21)26-22(29)17-27)9-10-23(30)28-12-5-8-20(11-13-28)19-6-3-2-4-7-19/h2-4,6-10,14-15H,5,11-13,16-17H2,1H3,(H,25,26,29). The van der Waals surface area contributed by atoms with Crippen LogP contribution in [0.5, 0.6) is 0 Å². The minimum absolute atomic E-state index is 0.0121. The lowest BCUT2D eigenvalue weighted by Crippen LogP contribution is -2.30. The quantitative estimate of drug-likeness (QED) is 0.801. The number of hydrogen-bond acceptors (Lipinski definition) is 4. The van der Waals surface area contributed by atoms with E-state index in [0.29, 0.717) is 25.5 Å². The molecule has 154 valence electrons. The summed E-state index contributed by atoms with van der Waals surface area (Å²) in [7, 11) is 1.90. The highest BCUT2D eigenvalue weighted by atomic mass is 16.2. The Bertz CT molecular complexity index is 998. The smallest absolute Gasteiger partial charge is 0.246 e. The largest absolute Gasteiger partial charge is 0.339 e. The molecule has 2 amide bonds. The second kappa shape index (κ2) is 9.05. The number of nitrogens with one attached hydrogen (secondary N) is 1. The second-order valence-electron chi connectivity index (χ2n) is 7.79. The van der Waals surface area contributed by atoms with Gasteiger partial charge in [0.2, 0.25) is 11.8 Å². The van der Waals surface area contributed by atoms with Gasteiger partial charge >= 0.3 is 0 Å². The fourth-order valence-corrected chi connectivity index (χ4v) is 3.89. The number of pyridine rings is 1. The number of amides is 2. The number of nitrogens with zero attached hydrogens (tertiary/aromatic N) is 3. The lowest BCUT2D eigenvalue weighted by Gasteiger charge is -2.18. The van der Waals surface area contributed by atoms with E-state index in [-0.39, 0.29) is 11.8 Å². The van der Waals surface area contributed by atoms with Crippen molar-refractivity contribution in [2.75, 3.05) is 32.0 Å². The third kappa shape index (κ3) is 4.83. The van der Waals surface area contributed by atoms with Crippen LogP contribution >= 0.6 is 0 Å². The average molecular weight is 402 g/mol. The lowest BCUT2D eigenvalue weighted by atomic mass is 10.0. The molecule has 6 heteroatoms. The highest BCUT2D eigenvalue weighted by Crippen LogP contribution is 2.23.